The molecule has 104 valence electrons. The van der Waals surface area contributed by atoms with Gasteiger partial charge in [0.25, 0.3) is 5.56 Å². The van der Waals surface area contributed by atoms with Gasteiger partial charge in [0.15, 0.2) is 5.16 Å². The molecule has 0 amide bonds. The Labute approximate surface area is 118 Å². The van der Waals surface area contributed by atoms with E-state index in [9.17, 15) is 9.59 Å². The molecule has 0 bridgehead atoms. The van der Waals surface area contributed by atoms with Crippen molar-refractivity contribution in [3.63, 3.8) is 0 Å². The minimum absolute atomic E-state index is 0.0951. The molecule has 0 radical (unpaired) electrons. The maximum Gasteiger partial charge on any atom is 0.374 e. The molecule has 1 aliphatic rings. The Morgan fingerprint density at radius 2 is 2.45 bits per heavy atom. The average Bonchev–Trinajstić information content (AvgIpc) is 3.08. The van der Waals surface area contributed by atoms with E-state index in [1.54, 1.807) is 17.8 Å². The Morgan fingerprint density at radius 3 is 3.20 bits per heavy atom. The van der Waals surface area contributed by atoms with E-state index in [4.69, 9.17) is 9.15 Å². The lowest BCUT2D eigenvalue weighted by molar-refractivity contribution is 0.0432. The molecule has 7 heteroatoms. The fraction of sp³-hybridized carbons (Fsp3) is 0.308. The van der Waals surface area contributed by atoms with Gasteiger partial charge in [-0.15, -0.1) is 0 Å². The van der Waals surface area contributed by atoms with Crippen LogP contribution >= 0.6 is 11.8 Å². The third-order valence-electron chi connectivity index (χ3n) is 3.14. The molecule has 0 fully saturated rings. The van der Waals surface area contributed by atoms with Crippen molar-refractivity contribution in [1.29, 1.82) is 0 Å². The molecular weight excluding hydrogens is 280 g/mol. The highest BCUT2D eigenvalue weighted by molar-refractivity contribution is 7.99. The van der Waals surface area contributed by atoms with Gasteiger partial charge in [0.05, 0.1) is 11.8 Å². The SMILES string of the molecule is Cc1c(COC(=O)c2ccco2)c(=O)nc2n1CCS2. The normalized spacial score (nSPS) is 13.2. The number of aromatic nitrogens is 2. The highest BCUT2D eigenvalue weighted by atomic mass is 32.2. The summed E-state index contributed by atoms with van der Waals surface area (Å²) in [7, 11) is 0. The van der Waals surface area contributed by atoms with Crippen molar-refractivity contribution >= 4 is 17.7 Å². The van der Waals surface area contributed by atoms with Gasteiger partial charge in [-0.1, -0.05) is 11.8 Å². The quantitative estimate of drug-likeness (QED) is 0.632. The second-order valence-corrected chi connectivity index (χ2v) is 5.38. The molecule has 1 aliphatic heterocycles. The molecule has 0 saturated heterocycles. The van der Waals surface area contributed by atoms with Gasteiger partial charge >= 0.3 is 5.97 Å². The molecule has 2 aromatic heterocycles. The molecule has 2 aromatic rings. The van der Waals surface area contributed by atoms with E-state index in [-0.39, 0.29) is 17.9 Å². The van der Waals surface area contributed by atoms with Crippen molar-refractivity contribution in [2.45, 2.75) is 25.2 Å². The van der Waals surface area contributed by atoms with E-state index < -0.39 is 5.97 Å². The van der Waals surface area contributed by atoms with E-state index in [2.05, 4.69) is 4.98 Å². The topological polar surface area (TPSA) is 74.3 Å². The summed E-state index contributed by atoms with van der Waals surface area (Å²) in [6.07, 6.45) is 1.39. The molecule has 0 aromatic carbocycles. The molecule has 6 nitrogen and oxygen atoms in total. The summed E-state index contributed by atoms with van der Waals surface area (Å²) in [6.45, 7) is 2.56. The van der Waals surface area contributed by atoms with Crippen molar-refractivity contribution in [2.75, 3.05) is 5.75 Å². The summed E-state index contributed by atoms with van der Waals surface area (Å²) in [5, 5.41) is 0.730. The molecule has 3 rings (SSSR count). The fourth-order valence-electron chi connectivity index (χ4n) is 2.05. The maximum absolute atomic E-state index is 11.9. The zero-order chi connectivity index (χ0) is 14.1. The number of ether oxygens (including phenoxy) is 1. The summed E-state index contributed by atoms with van der Waals surface area (Å²) in [5.74, 6) is 0.434. The standard InChI is InChI=1S/C13H12N2O4S/c1-8-9(7-19-12(17)10-3-2-5-18-10)11(16)14-13-15(8)4-6-20-13/h2-3,5H,4,6-7H2,1H3. The fourth-order valence-corrected chi connectivity index (χ4v) is 3.04. The zero-order valence-corrected chi connectivity index (χ0v) is 11.6. The van der Waals surface area contributed by atoms with Gasteiger partial charge in [0.2, 0.25) is 5.76 Å². The molecule has 0 aliphatic carbocycles. The minimum atomic E-state index is -0.589. The van der Waals surface area contributed by atoms with Gasteiger partial charge in [-0.05, 0) is 19.1 Å². The molecule has 0 N–H and O–H groups in total. The van der Waals surface area contributed by atoms with Crippen LogP contribution in [0.15, 0.2) is 32.8 Å². The lowest BCUT2D eigenvalue weighted by Crippen LogP contribution is -2.22. The number of hydrogen-bond acceptors (Lipinski definition) is 6. The van der Waals surface area contributed by atoms with Gasteiger partial charge in [-0.25, -0.2) is 4.79 Å². The highest BCUT2D eigenvalue weighted by Gasteiger charge is 2.20. The third-order valence-corrected chi connectivity index (χ3v) is 4.10. The Kier molecular flexibility index (Phi) is 3.35. The van der Waals surface area contributed by atoms with Gasteiger partial charge in [0, 0.05) is 18.0 Å². The monoisotopic (exact) mass is 292 g/mol. The lowest BCUT2D eigenvalue weighted by Gasteiger charge is -2.11. The first-order valence-electron chi connectivity index (χ1n) is 6.10. The number of esters is 1. The Hall–Kier alpha value is -2.02. The van der Waals surface area contributed by atoms with E-state index in [0.29, 0.717) is 5.56 Å². The predicted octanol–water partition coefficient (Wildman–Crippen LogP) is 1.61. The number of fused-ring (bicyclic) bond motifs is 1. The van der Waals surface area contributed by atoms with E-state index in [1.165, 1.54) is 12.3 Å². The largest absolute Gasteiger partial charge is 0.457 e. The van der Waals surface area contributed by atoms with Crippen LogP contribution in [0.3, 0.4) is 0 Å². The van der Waals surface area contributed by atoms with Gasteiger partial charge < -0.3 is 13.7 Å². The van der Waals surface area contributed by atoms with Crippen LogP contribution in [0.4, 0.5) is 0 Å². The highest BCUT2D eigenvalue weighted by Crippen LogP contribution is 2.24. The summed E-state index contributed by atoms with van der Waals surface area (Å²) < 4.78 is 12.0. The van der Waals surface area contributed by atoms with Crippen molar-refractivity contribution < 1.29 is 13.9 Å². The third kappa shape index (κ3) is 2.24. The van der Waals surface area contributed by atoms with E-state index in [0.717, 1.165) is 23.1 Å². The molecule has 0 atom stereocenters. The maximum atomic E-state index is 11.9. The number of carbonyl (C=O) groups is 1. The van der Waals surface area contributed by atoms with Gasteiger partial charge in [-0.2, -0.15) is 4.98 Å². The zero-order valence-electron chi connectivity index (χ0n) is 10.8. The van der Waals surface area contributed by atoms with Crippen LogP contribution in [0.2, 0.25) is 0 Å². The molecule has 3 heterocycles. The summed E-state index contributed by atoms with van der Waals surface area (Å²) >= 11 is 1.56. The van der Waals surface area contributed by atoms with Crippen molar-refractivity contribution in [2.24, 2.45) is 0 Å². The Morgan fingerprint density at radius 1 is 1.60 bits per heavy atom. The van der Waals surface area contributed by atoms with Crippen molar-refractivity contribution in [3.05, 3.63) is 45.8 Å². The van der Waals surface area contributed by atoms with Crippen LogP contribution in [0.5, 0.6) is 0 Å². The molecule has 0 spiro atoms. The second-order valence-electron chi connectivity index (χ2n) is 4.32. The number of nitrogens with zero attached hydrogens (tertiary/aromatic N) is 2. The Balaban J connectivity index is 1.82. The summed E-state index contributed by atoms with van der Waals surface area (Å²) in [6, 6.07) is 3.12. The van der Waals surface area contributed by atoms with Gasteiger partial charge in [0.1, 0.15) is 6.61 Å². The number of carbonyl (C=O) groups excluding carboxylic acids is 1. The number of hydrogen-bond donors (Lipinski definition) is 0. The van der Waals surface area contributed by atoms with Crippen molar-refractivity contribution in [1.82, 2.24) is 9.55 Å². The summed E-state index contributed by atoms with van der Waals surface area (Å²) in [4.78, 5) is 27.6. The molecular formula is C13H12N2O4S. The number of rotatable bonds is 3. The lowest BCUT2D eigenvalue weighted by atomic mass is 10.2. The van der Waals surface area contributed by atoms with E-state index >= 15 is 0 Å². The van der Waals surface area contributed by atoms with Crippen LogP contribution in [0.1, 0.15) is 21.8 Å². The smallest absolute Gasteiger partial charge is 0.374 e. The summed E-state index contributed by atoms with van der Waals surface area (Å²) in [5.41, 5.74) is 0.879. The van der Waals surface area contributed by atoms with Crippen LogP contribution in [0.25, 0.3) is 0 Å². The van der Waals surface area contributed by atoms with Crippen LogP contribution in [-0.2, 0) is 17.9 Å². The minimum Gasteiger partial charge on any atom is -0.457 e. The number of thioether (sulfide) groups is 1. The predicted molar refractivity (Wildman–Crippen MR) is 71.8 cm³/mol. The van der Waals surface area contributed by atoms with E-state index in [1.807, 2.05) is 11.5 Å². The Bertz CT molecular complexity index is 706. The van der Waals surface area contributed by atoms with Crippen molar-refractivity contribution in [3.8, 4) is 0 Å². The first kappa shape index (κ1) is 13.0. The molecule has 20 heavy (non-hydrogen) atoms. The number of furan rings is 1. The van der Waals surface area contributed by atoms with Gasteiger partial charge in [-0.3, -0.25) is 4.79 Å². The first-order valence-corrected chi connectivity index (χ1v) is 7.09. The van der Waals surface area contributed by atoms with Crippen LogP contribution in [-0.4, -0.2) is 21.3 Å². The second kappa shape index (κ2) is 5.16. The van der Waals surface area contributed by atoms with Crippen LogP contribution < -0.4 is 5.56 Å². The first-order chi connectivity index (χ1) is 9.66. The molecule has 0 saturated carbocycles. The molecule has 0 unspecified atom stereocenters. The average molecular weight is 292 g/mol. The van der Waals surface area contributed by atoms with Crippen LogP contribution in [0, 0.1) is 6.92 Å².